The fraction of sp³-hybridized carbons (Fsp3) is 0.957. The lowest BCUT2D eigenvalue weighted by Crippen LogP contribution is -2.60. The van der Waals surface area contributed by atoms with E-state index in [2.05, 4.69) is 19.2 Å². The van der Waals surface area contributed by atoms with Gasteiger partial charge >= 0.3 is 0 Å². The molecule has 0 aromatic heterocycles. The Morgan fingerprint density at radius 1 is 0.938 bits per heavy atom. The molecule has 1 amide bonds. The molecule has 190 valence electrons. The molecule has 6 N–H and O–H groups in total. The van der Waals surface area contributed by atoms with Crippen molar-refractivity contribution < 1.29 is 39.8 Å². The van der Waals surface area contributed by atoms with Crippen molar-refractivity contribution >= 4 is 5.91 Å². The largest absolute Gasteiger partial charge is 0.394 e. The molecule has 0 aromatic rings. The van der Waals surface area contributed by atoms with Gasteiger partial charge in [0.25, 0.3) is 0 Å². The summed E-state index contributed by atoms with van der Waals surface area (Å²) in [6.07, 6.45) is 2.20. The Morgan fingerprint density at radius 2 is 1.56 bits per heavy atom. The van der Waals surface area contributed by atoms with Gasteiger partial charge in [0, 0.05) is 6.42 Å². The van der Waals surface area contributed by atoms with Gasteiger partial charge in [-0.05, 0) is 12.8 Å². The minimum Gasteiger partial charge on any atom is -0.394 e. The van der Waals surface area contributed by atoms with Crippen molar-refractivity contribution in [3.63, 3.8) is 0 Å². The number of carbonyl (C=O) groups is 1. The predicted molar refractivity (Wildman–Crippen MR) is 120 cm³/mol. The Morgan fingerprint density at radius 3 is 2.19 bits per heavy atom. The lowest BCUT2D eigenvalue weighted by atomic mass is 9.99. The van der Waals surface area contributed by atoms with Crippen molar-refractivity contribution in [1.82, 2.24) is 5.32 Å². The van der Waals surface area contributed by atoms with Gasteiger partial charge in [-0.25, -0.2) is 0 Å². The van der Waals surface area contributed by atoms with E-state index in [1.807, 2.05) is 0 Å². The van der Waals surface area contributed by atoms with Gasteiger partial charge in [-0.3, -0.25) is 4.79 Å². The van der Waals surface area contributed by atoms with E-state index in [9.17, 15) is 30.3 Å². The minimum absolute atomic E-state index is 0.139. The molecule has 7 atom stereocenters. The van der Waals surface area contributed by atoms with Crippen molar-refractivity contribution in [3.8, 4) is 0 Å². The Labute approximate surface area is 192 Å². The average Bonchev–Trinajstić information content (AvgIpc) is 2.78. The van der Waals surface area contributed by atoms with Gasteiger partial charge in [0.1, 0.15) is 24.4 Å². The monoisotopic (exact) mass is 463 g/mol. The maximum atomic E-state index is 12.4. The van der Waals surface area contributed by atoms with E-state index in [1.165, 1.54) is 0 Å². The molecule has 0 radical (unpaired) electrons. The third-order valence-corrected chi connectivity index (χ3v) is 5.96. The van der Waals surface area contributed by atoms with Gasteiger partial charge in [0.05, 0.1) is 25.4 Å². The average molecular weight is 464 g/mol. The van der Waals surface area contributed by atoms with Gasteiger partial charge in [0.15, 0.2) is 6.29 Å². The van der Waals surface area contributed by atoms with E-state index in [1.54, 1.807) is 0 Å². The lowest BCUT2D eigenvalue weighted by molar-refractivity contribution is -0.302. The molecule has 0 bridgehead atoms. The number of rotatable bonds is 17. The highest BCUT2D eigenvalue weighted by Gasteiger charge is 2.44. The number of aliphatic hydroxyl groups is 5. The van der Waals surface area contributed by atoms with Crippen LogP contribution in [0.15, 0.2) is 0 Å². The van der Waals surface area contributed by atoms with E-state index in [4.69, 9.17) is 9.47 Å². The van der Waals surface area contributed by atoms with Crippen molar-refractivity contribution in [2.75, 3.05) is 13.2 Å². The number of hydrogen-bond donors (Lipinski definition) is 6. The Bertz CT molecular complexity index is 493. The molecule has 0 saturated carbocycles. The summed E-state index contributed by atoms with van der Waals surface area (Å²) < 4.78 is 10.9. The van der Waals surface area contributed by atoms with Gasteiger partial charge in [0.2, 0.25) is 5.91 Å². The zero-order chi connectivity index (χ0) is 23.9. The second-order valence-electron chi connectivity index (χ2n) is 8.79. The van der Waals surface area contributed by atoms with Crippen LogP contribution in [0.1, 0.15) is 84.5 Å². The normalized spacial score (nSPS) is 27.8. The molecule has 32 heavy (non-hydrogen) atoms. The summed E-state index contributed by atoms with van der Waals surface area (Å²) in [5.41, 5.74) is 0. The molecule has 1 fully saturated rings. The number of carbonyl (C=O) groups excluding carboxylic acids is 1. The topological polar surface area (TPSA) is 149 Å². The second-order valence-corrected chi connectivity index (χ2v) is 8.79. The lowest BCUT2D eigenvalue weighted by Gasteiger charge is -2.40. The first kappa shape index (κ1) is 29.2. The highest BCUT2D eigenvalue weighted by molar-refractivity contribution is 5.76. The van der Waals surface area contributed by atoms with Gasteiger partial charge in [-0.2, -0.15) is 0 Å². The van der Waals surface area contributed by atoms with E-state index in [0.717, 1.165) is 57.8 Å². The molecule has 7 unspecified atom stereocenters. The Balaban J connectivity index is 2.64. The minimum atomic E-state index is -1.54. The summed E-state index contributed by atoms with van der Waals surface area (Å²) >= 11 is 0. The molecule has 0 spiro atoms. The van der Waals surface area contributed by atoms with Gasteiger partial charge in [-0.1, -0.05) is 65.2 Å². The van der Waals surface area contributed by atoms with Crippen LogP contribution in [-0.4, -0.2) is 87.5 Å². The summed E-state index contributed by atoms with van der Waals surface area (Å²) in [7, 11) is 0. The quantitative estimate of drug-likeness (QED) is 0.175. The fourth-order valence-electron chi connectivity index (χ4n) is 3.80. The number of unbranched alkanes of at least 4 members (excludes halogenated alkanes) is 7. The first-order valence-electron chi connectivity index (χ1n) is 12.2. The van der Waals surface area contributed by atoms with Crippen molar-refractivity contribution in [1.29, 1.82) is 0 Å². The number of hydrogen-bond acceptors (Lipinski definition) is 8. The number of amides is 1. The molecule has 1 rings (SSSR count). The number of nitrogens with one attached hydrogen (secondary N) is 1. The van der Waals surface area contributed by atoms with E-state index < -0.39 is 49.5 Å². The summed E-state index contributed by atoms with van der Waals surface area (Å²) in [4.78, 5) is 12.4. The molecule has 1 aliphatic heterocycles. The first-order valence-corrected chi connectivity index (χ1v) is 12.2. The smallest absolute Gasteiger partial charge is 0.220 e. The van der Waals surface area contributed by atoms with Crippen LogP contribution in [-0.2, 0) is 14.3 Å². The molecular weight excluding hydrogens is 418 g/mol. The maximum absolute atomic E-state index is 12.4. The molecule has 9 heteroatoms. The van der Waals surface area contributed by atoms with Crippen molar-refractivity contribution in [2.45, 2.75) is 127 Å². The molecular formula is C23H45NO8. The van der Waals surface area contributed by atoms with Crippen LogP contribution < -0.4 is 5.32 Å². The van der Waals surface area contributed by atoms with Crippen LogP contribution in [0, 0.1) is 0 Å². The third-order valence-electron chi connectivity index (χ3n) is 5.96. The van der Waals surface area contributed by atoms with Crippen LogP contribution >= 0.6 is 0 Å². The highest BCUT2D eigenvalue weighted by Crippen LogP contribution is 2.22. The van der Waals surface area contributed by atoms with E-state index >= 15 is 0 Å². The summed E-state index contributed by atoms with van der Waals surface area (Å²) in [5, 5.41) is 52.8. The Hall–Kier alpha value is -0.810. The first-order chi connectivity index (χ1) is 15.3. The molecule has 9 nitrogen and oxygen atoms in total. The molecule has 1 saturated heterocycles. The van der Waals surface area contributed by atoms with Crippen LogP contribution in [0.25, 0.3) is 0 Å². The molecule has 0 aliphatic carbocycles. The SMILES string of the molecule is CCCCCCCC(O)C(COC1OC(CO)C(O)C(O)C1O)NC(=O)CCCCCC. The standard InChI is InChI=1S/C23H45NO8/c1-3-5-7-9-10-12-17(26)16(24-19(27)13-11-8-6-4-2)15-31-23-22(30)21(29)20(28)18(14-25)32-23/h16-18,20-23,25-26,28-30H,3-15H2,1-2H3,(H,24,27). The van der Waals surface area contributed by atoms with Gasteiger partial charge < -0.3 is 40.3 Å². The van der Waals surface area contributed by atoms with Crippen molar-refractivity contribution in [3.05, 3.63) is 0 Å². The van der Waals surface area contributed by atoms with E-state index in [-0.39, 0.29) is 12.5 Å². The predicted octanol–water partition coefficient (Wildman–Crippen LogP) is 0.980. The third kappa shape index (κ3) is 10.4. The van der Waals surface area contributed by atoms with E-state index in [0.29, 0.717) is 12.8 Å². The zero-order valence-electron chi connectivity index (χ0n) is 19.7. The summed E-state index contributed by atoms with van der Waals surface area (Å²) in [5.74, 6) is -0.173. The van der Waals surface area contributed by atoms with Crippen LogP contribution in [0.3, 0.4) is 0 Å². The molecule has 1 heterocycles. The van der Waals surface area contributed by atoms with Crippen LogP contribution in [0.5, 0.6) is 0 Å². The molecule has 1 aliphatic rings. The second kappa shape index (κ2) is 16.7. The van der Waals surface area contributed by atoms with Crippen LogP contribution in [0.2, 0.25) is 0 Å². The van der Waals surface area contributed by atoms with Gasteiger partial charge in [-0.15, -0.1) is 0 Å². The highest BCUT2D eigenvalue weighted by atomic mass is 16.7. The zero-order valence-corrected chi connectivity index (χ0v) is 19.7. The summed E-state index contributed by atoms with van der Waals surface area (Å²) in [6, 6.07) is -0.702. The fourth-order valence-corrected chi connectivity index (χ4v) is 3.80. The number of aliphatic hydroxyl groups excluding tert-OH is 5. The Kier molecular flexibility index (Phi) is 15.3. The maximum Gasteiger partial charge on any atom is 0.220 e. The number of ether oxygens (including phenoxy) is 2. The summed E-state index contributed by atoms with van der Waals surface area (Å²) in [6.45, 7) is 3.54. The van der Waals surface area contributed by atoms with Crippen LogP contribution in [0.4, 0.5) is 0 Å². The van der Waals surface area contributed by atoms with Crippen molar-refractivity contribution in [2.24, 2.45) is 0 Å². The molecule has 0 aromatic carbocycles.